The molecule has 1 aromatic heterocycles. The number of anilines is 1. The molecule has 0 aromatic carbocycles. The molecule has 3 heterocycles. The molecule has 0 radical (unpaired) electrons. The van der Waals surface area contributed by atoms with Crippen molar-refractivity contribution < 1.29 is 14.3 Å². The number of hydrogen-bond donors (Lipinski definition) is 2. The first-order chi connectivity index (χ1) is 11.2. The monoisotopic (exact) mass is 369 g/mol. The number of nitrogens with two attached hydrogens (primary N) is 1. The minimum absolute atomic E-state index is 0.118. The molecule has 8 heteroatoms. The molecular weight excluding hydrogens is 346 g/mol. The lowest BCUT2D eigenvalue weighted by Gasteiger charge is -2.34. The van der Waals surface area contributed by atoms with Crippen LogP contribution in [-0.4, -0.2) is 35.3 Å². The standard InChI is InChI=1S/C16H23N3O3S2/c1-9-11-7-24-13(18-14(20)22-15(2,3)4)19-16(11,8-21-9)12-5-10(17)6-23-12/h5-6,9,11H,7-8,17H2,1-4H3,(H,18,19,20)/t9-,11?,16+/m1/s1. The number of thiophene rings is 1. The molecule has 0 bridgehead atoms. The molecule has 6 nitrogen and oxygen atoms in total. The molecule has 1 fully saturated rings. The molecule has 3 atom stereocenters. The zero-order valence-electron chi connectivity index (χ0n) is 14.3. The van der Waals surface area contributed by atoms with Crippen molar-refractivity contribution >= 4 is 40.0 Å². The molecule has 0 spiro atoms. The Morgan fingerprint density at radius 2 is 2.29 bits per heavy atom. The van der Waals surface area contributed by atoms with Crippen molar-refractivity contribution in [3.05, 3.63) is 16.3 Å². The SMILES string of the molecule is C[C@H]1OC[C@]2(c3cc(N)cs3)N=C(NC(=O)OC(C)(C)C)SCC12. The van der Waals surface area contributed by atoms with Crippen LogP contribution in [0.4, 0.5) is 10.5 Å². The molecule has 2 aliphatic rings. The van der Waals surface area contributed by atoms with Gasteiger partial charge in [-0.1, -0.05) is 11.8 Å². The van der Waals surface area contributed by atoms with Gasteiger partial charge in [0.15, 0.2) is 5.17 Å². The summed E-state index contributed by atoms with van der Waals surface area (Å²) in [5.74, 6) is 1.08. The molecule has 0 aliphatic carbocycles. The average Bonchev–Trinajstić information content (AvgIpc) is 3.02. The number of ether oxygens (including phenoxy) is 2. The number of nitrogen functional groups attached to an aromatic ring is 1. The molecule has 0 saturated carbocycles. The van der Waals surface area contributed by atoms with Gasteiger partial charge in [-0.3, -0.25) is 5.32 Å². The second-order valence-corrected chi connectivity index (χ2v) is 9.07. The van der Waals surface area contributed by atoms with E-state index in [4.69, 9.17) is 20.2 Å². The van der Waals surface area contributed by atoms with Crippen LogP contribution in [0.15, 0.2) is 16.4 Å². The van der Waals surface area contributed by atoms with Crippen molar-refractivity contribution in [2.45, 2.75) is 44.9 Å². The van der Waals surface area contributed by atoms with Gasteiger partial charge in [-0.15, -0.1) is 11.3 Å². The Balaban J connectivity index is 1.87. The number of rotatable bonds is 1. The highest BCUT2D eigenvalue weighted by Crippen LogP contribution is 2.49. The normalized spacial score (nSPS) is 29.8. The molecule has 3 rings (SSSR count). The predicted octanol–water partition coefficient (Wildman–Crippen LogP) is 3.19. The highest BCUT2D eigenvalue weighted by atomic mass is 32.2. The van der Waals surface area contributed by atoms with Gasteiger partial charge in [0.25, 0.3) is 0 Å². The molecule has 1 saturated heterocycles. The summed E-state index contributed by atoms with van der Waals surface area (Å²) in [5.41, 5.74) is 5.63. The van der Waals surface area contributed by atoms with Crippen molar-refractivity contribution in [1.29, 1.82) is 0 Å². The quantitative estimate of drug-likeness (QED) is 0.794. The largest absolute Gasteiger partial charge is 0.444 e. The minimum Gasteiger partial charge on any atom is -0.444 e. The molecule has 3 N–H and O–H groups in total. The first kappa shape index (κ1) is 17.6. The van der Waals surface area contributed by atoms with Crippen LogP contribution in [0, 0.1) is 5.92 Å². The van der Waals surface area contributed by atoms with E-state index in [0.717, 1.165) is 16.3 Å². The van der Waals surface area contributed by atoms with Crippen LogP contribution in [0.25, 0.3) is 0 Å². The van der Waals surface area contributed by atoms with Gasteiger partial charge in [0.05, 0.1) is 12.7 Å². The Morgan fingerprint density at radius 1 is 1.54 bits per heavy atom. The summed E-state index contributed by atoms with van der Waals surface area (Å²) in [5, 5.41) is 5.27. The molecule has 2 aliphatic heterocycles. The van der Waals surface area contributed by atoms with Gasteiger partial charge in [0.1, 0.15) is 11.1 Å². The van der Waals surface area contributed by atoms with Gasteiger partial charge in [0, 0.05) is 27.6 Å². The number of thioether (sulfide) groups is 1. The summed E-state index contributed by atoms with van der Waals surface area (Å²) in [6.45, 7) is 8.08. The van der Waals surface area contributed by atoms with E-state index in [1.165, 1.54) is 11.8 Å². The number of nitrogens with zero attached hydrogens (tertiary/aromatic N) is 1. The number of carbonyl (C=O) groups is 1. The number of amidine groups is 1. The lowest BCUT2D eigenvalue weighted by Crippen LogP contribution is -2.44. The Labute approximate surface area is 150 Å². The van der Waals surface area contributed by atoms with Crippen molar-refractivity contribution in [2.24, 2.45) is 10.9 Å². The zero-order chi connectivity index (χ0) is 17.5. The van der Waals surface area contributed by atoms with Gasteiger partial charge in [0.2, 0.25) is 0 Å². The predicted molar refractivity (Wildman–Crippen MR) is 98.6 cm³/mol. The van der Waals surface area contributed by atoms with Crippen LogP contribution in [0.5, 0.6) is 0 Å². The van der Waals surface area contributed by atoms with Gasteiger partial charge < -0.3 is 15.2 Å². The second-order valence-electron chi connectivity index (χ2n) is 7.15. The van der Waals surface area contributed by atoms with Gasteiger partial charge in [-0.05, 0) is 33.8 Å². The van der Waals surface area contributed by atoms with Crippen LogP contribution in [0.2, 0.25) is 0 Å². The average molecular weight is 370 g/mol. The molecule has 1 amide bonds. The molecule has 132 valence electrons. The Hall–Kier alpha value is -1.25. The first-order valence-corrected chi connectivity index (χ1v) is 9.75. The molecule has 1 aromatic rings. The van der Waals surface area contributed by atoms with E-state index in [-0.39, 0.29) is 12.0 Å². The smallest absolute Gasteiger partial charge is 0.413 e. The van der Waals surface area contributed by atoms with E-state index in [2.05, 4.69) is 12.2 Å². The first-order valence-electron chi connectivity index (χ1n) is 7.88. The minimum atomic E-state index is -0.544. The maximum absolute atomic E-state index is 12.1. The fourth-order valence-electron chi connectivity index (χ4n) is 2.98. The zero-order valence-corrected chi connectivity index (χ0v) is 15.9. The topological polar surface area (TPSA) is 85.9 Å². The molecule has 1 unspecified atom stereocenters. The van der Waals surface area contributed by atoms with Gasteiger partial charge >= 0.3 is 6.09 Å². The van der Waals surface area contributed by atoms with Crippen LogP contribution in [0.1, 0.15) is 32.6 Å². The fourth-order valence-corrected chi connectivity index (χ4v) is 5.24. The van der Waals surface area contributed by atoms with E-state index >= 15 is 0 Å². The van der Waals surface area contributed by atoms with Crippen LogP contribution in [-0.2, 0) is 15.0 Å². The second kappa shape index (κ2) is 6.24. The van der Waals surface area contributed by atoms with Crippen LogP contribution in [0.3, 0.4) is 0 Å². The fraction of sp³-hybridized carbons (Fsp3) is 0.625. The lowest BCUT2D eigenvalue weighted by atomic mass is 9.84. The summed E-state index contributed by atoms with van der Waals surface area (Å²) in [6, 6.07) is 1.96. The van der Waals surface area contributed by atoms with E-state index in [1.807, 2.05) is 32.2 Å². The third-order valence-electron chi connectivity index (χ3n) is 4.10. The number of aliphatic imine (C=N–C) groups is 1. The summed E-state index contributed by atoms with van der Waals surface area (Å²) in [7, 11) is 0. The maximum atomic E-state index is 12.1. The summed E-state index contributed by atoms with van der Waals surface area (Å²) in [4.78, 5) is 18.0. The number of carbonyl (C=O) groups excluding carboxylic acids is 1. The third-order valence-corrected chi connectivity index (χ3v) is 6.21. The highest BCUT2D eigenvalue weighted by molar-refractivity contribution is 8.13. The summed E-state index contributed by atoms with van der Waals surface area (Å²) >= 11 is 3.12. The number of hydrogen-bond acceptors (Lipinski definition) is 7. The lowest BCUT2D eigenvalue weighted by molar-refractivity contribution is 0.0564. The van der Waals surface area contributed by atoms with Crippen LogP contribution < -0.4 is 11.1 Å². The van der Waals surface area contributed by atoms with E-state index in [0.29, 0.717) is 11.8 Å². The van der Waals surface area contributed by atoms with Crippen molar-refractivity contribution in [3.63, 3.8) is 0 Å². The van der Waals surface area contributed by atoms with E-state index < -0.39 is 17.2 Å². The van der Waals surface area contributed by atoms with E-state index in [1.54, 1.807) is 11.3 Å². The van der Waals surface area contributed by atoms with E-state index in [9.17, 15) is 4.79 Å². The van der Waals surface area contributed by atoms with Crippen molar-refractivity contribution in [2.75, 3.05) is 18.1 Å². The van der Waals surface area contributed by atoms with Crippen molar-refractivity contribution in [1.82, 2.24) is 5.32 Å². The number of alkyl carbamates (subject to hydrolysis) is 1. The van der Waals surface area contributed by atoms with Gasteiger partial charge in [-0.25, -0.2) is 9.79 Å². The summed E-state index contributed by atoms with van der Waals surface area (Å²) in [6.07, 6.45) is -0.368. The maximum Gasteiger partial charge on any atom is 0.413 e. The number of amides is 1. The number of fused-ring (bicyclic) bond motifs is 1. The number of nitrogens with one attached hydrogen (secondary N) is 1. The molecular formula is C16H23N3O3S2. The van der Waals surface area contributed by atoms with Crippen LogP contribution >= 0.6 is 23.1 Å². The highest BCUT2D eigenvalue weighted by Gasteiger charge is 2.52. The third kappa shape index (κ3) is 3.41. The van der Waals surface area contributed by atoms with Gasteiger partial charge in [-0.2, -0.15) is 0 Å². The van der Waals surface area contributed by atoms with Crippen molar-refractivity contribution in [3.8, 4) is 0 Å². The summed E-state index contributed by atoms with van der Waals surface area (Å²) < 4.78 is 11.2. The Morgan fingerprint density at radius 3 is 2.92 bits per heavy atom. The Kier molecular flexibility index (Phi) is 4.57. The Bertz CT molecular complexity index is 668. The molecule has 24 heavy (non-hydrogen) atoms.